The fourth-order valence-electron chi connectivity index (χ4n) is 8.68. The highest BCUT2D eigenvalue weighted by Crippen LogP contribution is 2.61. The molecule has 5 heteroatoms. The van der Waals surface area contributed by atoms with Gasteiger partial charge in [-0.2, -0.15) is 0 Å². The molecular weight excluding hydrogens is 508 g/mol. The Morgan fingerprint density at radius 2 is 1.59 bits per heavy atom. The molecule has 3 aromatic rings. The Kier molecular flexibility index (Phi) is 6.98. The van der Waals surface area contributed by atoms with Gasteiger partial charge in [-0.05, 0) is 91.8 Å². The lowest BCUT2D eigenvalue weighted by molar-refractivity contribution is -0.198. The molecular formula is C36H44N2O3. The molecule has 41 heavy (non-hydrogen) atoms. The van der Waals surface area contributed by atoms with Gasteiger partial charge < -0.3 is 14.9 Å². The van der Waals surface area contributed by atoms with Crippen molar-refractivity contribution in [1.29, 1.82) is 0 Å². The molecule has 7 rings (SSSR count). The summed E-state index contributed by atoms with van der Waals surface area (Å²) < 4.78 is 5.74. The standard InChI is InChI=1S/C36H44N2O3/c1-41-31-15-14-30-20-33-36(40)17-16-34(26-39,25-35(36,32(30)21-31)18-19-37(33)22-29-12-13-29)38(23-27-8-4-2-5-9-27)24-28-10-6-3-7-11-28/h2-11,14-15,21,29,33,39-40H,12-13,16-20,22-26H2,1H3/t33-,34+,35-,36-/m1/s1. The van der Waals surface area contributed by atoms with Gasteiger partial charge in [0.05, 0.1) is 19.3 Å². The fraction of sp³-hybridized carbons (Fsp3) is 0.500. The summed E-state index contributed by atoms with van der Waals surface area (Å²) in [5.74, 6) is 1.64. The summed E-state index contributed by atoms with van der Waals surface area (Å²) in [5.41, 5.74) is 3.36. The van der Waals surface area contributed by atoms with Crippen LogP contribution in [0, 0.1) is 5.92 Å². The van der Waals surface area contributed by atoms with Crippen LogP contribution in [0.5, 0.6) is 5.75 Å². The fourth-order valence-corrected chi connectivity index (χ4v) is 8.68. The van der Waals surface area contributed by atoms with Crippen LogP contribution >= 0.6 is 0 Å². The first-order valence-electron chi connectivity index (χ1n) is 15.6. The van der Waals surface area contributed by atoms with E-state index in [0.29, 0.717) is 6.42 Å². The summed E-state index contributed by atoms with van der Waals surface area (Å²) in [4.78, 5) is 5.15. The average Bonchev–Trinajstić information content (AvgIpc) is 3.83. The third-order valence-electron chi connectivity index (χ3n) is 11.1. The molecule has 0 unspecified atom stereocenters. The largest absolute Gasteiger partial charge is 0.497 e. The Morgan fingerprint density at radius 3 is 2.20 bits per heavy atom. The topological polar surface area (TPSA) is 56.2 Å². The zero-order chi connectivity index (χ0) is 28.1. The maximum Gasteiger partial charge on any atom is 0.119 e. The molecule has 1 saturated heterocycles. The van der Waals surface area contributed by atoms with Crippen LogP contribution in [0.3, 0.4) is 0 Å². The molecule has 2 saturated carbocycles. The highest BCUT2D eigenvalue weighted by molar-refractivity contribution is 5.49. The van der Waals surface area contributed by atoms with Crippen LogP contribution in [0.2, 0.25) is 0 Å². The molecule has 0 amide bonds. The van der Waals surface area contributed by atoms with E-state index < -0.39 is 16.6 Å². The number of ether oxygens (including phenoxy) is 1. The van der Waals surface area contributed by atoms with Crippen LogP contribution in [0.1, 0.15) is 60.8 Å². The summed E-state index contributed by atoms with van der Waals surface area (Å²) in [7, 11) is 1.73. The Labute approximate surface area is 244 Å². The van der Waals surface area contributed by atoms with Crippen LogP contribution in [0.15, 0.2) is 78.9 Å². The zero-order valence-electron chi connectivity index (χ0n) is 24.3. The number of nitrogens with zero attached hydrogens (tertiary/aromatic N) is 2. The number of hydrogen-bond acceptors (Lipinski definition) is 5. The molecule has 2 N–H and O–H groups in total. The number of aliphatic hydroxyl groups excluding tert-OH is 1. The lowest BCUT2D eigenvalue weighted by Gasteiger charge is -2.67. The Balaban J connectivity index is 1.33. The van der Waals surface area contributed by atoms with E-state index in [0.717, 1.165) is 63.5 Å². The van der Waals surface area contributed by atoms with Gasteiger partial charge >= 0.3 is 0 Å². The van der Waals surface area contributed by atoms with Crippen LogP contribution < -0.4 is 4.74 Å². The minimum Gasteiger partial charge on any atom is -0.497 e. The van der Waals surface area contributed by atoms with Crippen molar-refractivity contribution in [2.24, 2.45) is 5.92 Å². The molecule has 5 nitrogen and oxygen atoms in total. The molecule has 4 atom stereocenters. The summed E-state index contributed by atoms with van der Waals surface area (Å²) in [6, 6.07) is 27.9. The predicted molar refractivity (Wildman–Crippen MR) is 162 cm³/mol. The smallest absolute Gasteiger partial charge is 0.119 e. The van der Waals surface area contributed by atoms with E-state index in [1.807, 2.05) is 0 Å². The van der Waals surface area contributed by atoms with Gasteiger partial charge in [0.15, 0.2) is 0 Å². The van der Waals surface area contributed by atoms with Crippen molar-refractivity contribution in [3.05, 3.63) is 101 Å². The van der Waals surface area contributed by atoms with Gasteiger partial charge in [-0.1, -0.05) is 66.7 Å². The second-order valence-corrected chi connectivity index (χ2v) is 13.3. The van der Waals surface area contributed by atoms with Crippen molar-refractivity contribution in [2.75, 3.05) is 26.8 Å². The molecule has 0 radical (unpaired) electrons. The quantitative estimate of drug-likeness (QED) is 0.376. The highest BCUT2D eigenvalue weighted by atomic mass is 16.5. The molecule has 0 spiro atoms. The molecule has 2 bridgehead atoms. The number of benzene rings is 3. The first-order valence-corrected chi connectivity index (χ1v) is 15.6. The monoisotopic (exact) mass is 552 g/mol. The van der Waals surface area contributed by atoms with Crippen molar-refractivity contribution in [3.63, 3.8) is 0 Å². The van der Waals surface area contributed by atoms with E-state index in [4.69, 9.17) is 4.74 Å². The molecule has 3 aliphatic carbocycles. The highest BCUT2D eigenvalue weighted by Gasteiger charge is 2.67. The van der Waals surface area contributed by atoms with Crippen molar-refractivity contribution >= 4 is 0 Å². The van der Waals surface area contributed by atoms with E-state index in [-0.39, 0.29) is 12.6 Å². The van der Waals surface area contributed by atoms with Gasteiger partial charge in [-0.25, -0.2) is 0 Å². The molecule has 3 aromatic carbocycles. The molecule has 0 aromatic heterocycles. The van der Waals surface area contributed by atoms with Crippen LogP contribution in [0.4, 0.5) is 0 Å². The number of likely N-dealkylation sites (tertiary alicyclic amines) is 1. The molecule has 3 fully saturated rings. The SMILES string of the molecule is COc1ccc2c(c1)[C@]13CCN(CC4CC4)[C@H](C2)[C@]1(O)CC[C@](CO)(N(Cc1ccccc1)Cc1ccccc1)C3. The lowest BCUT2D eigenvalue weighted by Crippen LogP contribution is -2.76. The maximum atomic E-state index is 13.0. The minimum atomic E-state index is -0.830. The van der Waals surface area contributed by atoms with Gasteiger partial charge in [-0.15, -0.1) is 0 Å². The predicted octanol–water partition coefficient (Wildman–Crippen LogP) is 5.32. The van der Waals surface area contributed by atoms with E-state index in [1.165, 1.54) is 35.1 Å². The second-order valence-electron chi connectivity index (χ2n) is 13.3. The van der Waals surface area contributed by atoms with Crippen molar-refractivity contribution in [1.82, 2.24) is 9.80 Å². The van der Waals surface area contributed by atoms with Crippen molar-refractivity contribution in [3.8, 4) is 5.75 Å². The normalized spacial score (nSPS) is 31.0. The van der Waals surface area contributed by atoms with Crippen LogP contribution in [-0.4, -0.2) is 64.0 Å². The first-order chi connectivity index (χ1) is 20.0. The molecule has 216 valence electrons. The molecule has 4 aliphatic rings. The number of rotatable bonds is 9. The summed E-state index contributed by atoms with van der Waals surface area (Å²) in [6.45, 7) is 3.69. The summed E-state index contributed by atoms with van der Waals surface area (Å²) in [6.07, 6.45) is 6.63. The lowest BCUT2D eigenvalue weighted by atomic mass is 9.46. The number of methoxy groups -OCH3 is 1. The Hall–Kier alpha value is -2.70. The number of fused-ring (bicyclic) bond motifs is 1. The third kappa shape index (κ3) is 4.62. The minimum absolute atomic E-state index is 0.0697. The van der Waals surface area contributed by atoms with E-state index in [9.17, 15) is 10.2 Å². The van der Waals surface area contributed by atoms with Gasteiger partial charge in [-0.3, -0.25) is 9.80 Å². The summed E-state index contributed by atoms with van der Waals surface area (Å²) >= 11 is 0. The van der Waals surface area contributed by atoms with Gasteiger partial charge in [0.2, 0.25) is 0 Å². The zero-order valence-corrected chi connectivity index (χ0v) is 24.3. The molecule has 1 aliphatic heterocycles. The van der Waals surface area contributed by atoms with Crippen LogP contribution in [-0.2, 0) is 24.9 Å². The Morgan fingerprint density at radius 1 is 0.902 bits per heavy atom. The maximum absolute atomic E-state index is 13.0. The number of aliphatic hydroxyl groups is 2. The Bertz CT molecular complexity index is 1320. The van der Waals surface area contributed by atoms with Gasteiger partial charge in [0.1, 0.15) is 5.75 Å². The van der Waals surface area contributed by atoms with Gasteiger partial charge in [0.25, 0.3) is 0 Å². The van der Waals surface area contributed by atoms with Crippen LogP contribution in [0.25, 0.3) is 0 Å². The second kappa shape index (κ2) is 10.5. The number of piperidine rings is 1. The van der Waals surface area contributed by atoms with Crippen molar-refractivity contribution in [2.45, 2.75) is 80.6 Å². The third-order valence-corrected chi connectivity index (χ3v) is 11.1. The first kappa shape index (κ1) is 27.2. The van der Waals surface area contributed by atoms with Crippen molar-refractivity contribution < 1.29 is 14.9 Å². The van der Waals surface area contributed by atoms with E-state index in [1.54, 1.807) is 7.11 Å². The van der Waals surface area contributed by atoms with Gasteiger partial charge in [0, 0.05) is 36.6 Å². The average molecular weight is 553 g/mol. The van der Waals surface area contributed by atoms with E-state index >= 15 is 0 Å². The van der Waals surface area contributed by atoms with E-state index in [2.05, 4.69) is 88.7 Å². The molecule has 1 heterocycles. The number of hydrogen-bond donors (Lipinski definition) is 2. The summed E-state index contributed by atoms with van der Waals surface area (Å²) in [5, 5.41) is 24.4.